The van der Waals surface area contributed by atoms with Crippen LogP contribution in [0.5, 0.6) is 0 Å². The smallest absolute Gasteiger partial charge is 0.413 e. The Kier molecular flexibility index (Phi) is 5.91. The zero-order valence-electron chi connectivity index (χ0n) is 16.8. The maximum atomic E-state index is 14.8. The molecule has 3 rings (SSSR count). The van der Waals surface area contributed by atoms with Crippen molar-refractivity contribution in [3.8, 4) is 0 Å². The molecule has 0 spiro atoms. The van der Waals surface area contributed by atoms with E-state index in [4.69, 9.17) is 20.2 Å². The quantitative estimate of drug-likeness (QED) is 0.720. The average Bonchev–Trinajstić information content (AvgIpc) is 2.61. The van der Waals surface area contributed by atoms with E-state index in [-0.39, 0.29) is 17.8 Å². The number of amidine groups is 1. The molecule has 0 aromatic heterocycles. The highest BCUT2D eigenvalue weighted by molar-refractivity contribution is 8.13. The van der Waals surface area contributed by atoms with Gasteiger partial charge >= 0.3 is 6.09 Å². The number of rotatable bonds is 2. The summed E-state index contributed by atoms with van der Waals surface area (Å²) in [6, 6.07) is 4.60. The highest BCUT2D eigenvalue weighted by atomic mass is 32.2. The molecule has 1 aliphatic carbocycles. The van der Waals surface area contributed by atoms with Crippen molar-refractivity contribution in [3.63, 3.8) is 0 Å². The van der Waals surface area contributed by atoms with Crippen LogP contribution in [-0.4, -0.2) is 35.8 Å². The number of nitrogens with two attached hydrogens (primary N) is 1. The van der Waals surface area contributed by atoms with Crippen molar-refractivity contribution in [1.82, 2.24) is 5.32 Å². The van der Waals surface area contributed by atoms with Gasteiger partial charge in [-0.2, -0.15) is 0 Å². The number of nitrogens with one attached hydrogen (secondary N) is 1. The Morgan fingerprint density at radius 1 is 1.43 bits per heavy atom. The number of aliphatic imine (C=N–C) groups is 1. The normalized spacial score (nSPS) is 27.5. The first-order valence-corrected chi connectivity index (χ1v) is 10.4. The SMILES string of the molecule is CO[C@@H]1CC[C@]2(c3cc(N)ccc3F)N=C(NC(=O)OC(C)(C)C)SC[C@@H]2C1. The van der Waals surface area contributed by atoms with Crippen molar-refractivity contribution in [2.75, 3.05) is 18.6 Å². The van der Waals surface area contributed by atoms with Crippen molar-refractivity contribution >= 4 is 28.7 Å². The molecule has 8 heteroatoms. The first-order chi connectivity index (χ1) is 13.1. The van der Waals surface area contributed by atoms with Crippen molar-refractivity contribution < 1.29 is 18.7 Å². The van der Waals surface area contributed by atoms with Crippen LogP contribution in [-0.2, 0) is 15.0 Å². The molecule has 0 unspecified atom stereocenters. The minimum absolute atomic E-state index is 0.0803. The summed E-state index contributed by atoms with van der Waals surface area (Å²) in [6.45, 7) is 5.40. The summed E-state index contributed by atoms with van der Waals surface area (Å²) in [5.41, 5.74) is 5.55. The predicted molar refractivity (Wildman–Crippen MR) is 110 cm³/mol. The van der Waals surface area contributed by atoms with Gasteiger partial charge in [0.25, 0.3) is 0 Å². The number of carbonyl (C=O) groups excluding carboxylic acids is 1. The number of hydrogen-bond acceptors (Lipinski definition) is 6. The van der Waals surface area contributed by atoms with E-state index in [1.165, 1.54) is 17.8 Å². The first kappa shape index (κ1) is 20.9. The van der Waals surface area contributed by atoms with E-state index in [0.717, 1.165) is 12.8 Å². The number of anilines is 1. The Bertz CT molecular complexity index is 780. The molecular formula is C20H28FN3O3S. The monoisotopic (exact) mass is 409 g/mol. The lowest BCUT2D eigenvalue weighted by Crippen LogP contribution is -2.48. The van der Waals surface area contributed by atoms with Gasteiger partial charge in [-0.25, -0.2) is 9.18 Å². The minimum Gasteiger partial charge on any atom is -0.444 e. The standard InChI is InChI=1S/C20H28FN3O3S/c1-19(2,3)27-18(25)23-17-24-20(15-10-13(22)5-6-16(15)21)8-7-14(26-4)9-12(20)11-28-17/h5-6,10,12,14H,7-9,11,22H2,1-4H3,(H,23,24,25)/t12-,14+,20-/m0/s1. The maximum absolute atomic E-state index is 14.8. The van der Waals surface area contributed by atoms with E-state index in [9.17, 15) is 9.18 Å². The number of ether oxygens (including phenoxy) is 2. The van der Waals surface area contributed by atoms with Gasteiger partial charge in [0.1, 0.15) is 11.4 Å². The number of nitrogens with zero attached hydrogens (tertiary/aromatic N) is 1. The summed E-state index contributed by atoms with van der Waals surface area (Å²) < 4.78 is 25.7. The molecule has 1 aromatic carbocycles. The van der Waals surface area contributed by atoms with Crippen molar-refractivity contribution in [2.45, 2.75) is 57.3 Å². The average molecular weight is 410 g/mol. The maximum Gasteiger partial charge on any atom is 0.413 e. The number of benzene rings is 1. The number of alkyl carbamates (subject to hydrolysis) is 1. The molecule has 0 saturated heterocycles. The van der Waals surface area contributed by atoms with Gasteiger partial charge in [0.05, 0.1) is 11.6 Å². The third kappa shape index (κ3) is 4.43. The molecule has 1 aromatic rings. The van der Waals surface area contributed by atoms with E-state index in [1.807, 2.05) is 0 Å². The topological polar surface area (TPSA) is 85.9 Å². The number of amides is 1. The molecule has 1 fully saturated rings. The lowest BCUT2D eigenvalue weighted by molar-refractivity contribution is 0.0227. The van der Waals surface area contributed by atoms with Gasteiger partial charge in [-0.1, -0.05) is 11.8 Å². The van der Waals surface area contributed by atoms with Crippen LogP contribution in [0, 0.1) is 11.7 Å². The Morgan fingerprint density at radius 2 is 2.18 bits per heavy atom. The fourth-order valence-electron chi connectivity index (χ4n) is 3.92. The van der Waals surface area contributed by atoms with Crippen LogP contribution in [0.1, 0.15) is 45.6 Å². The molecule has 0 bridgehead atoms. The molecule has 1 aliphatic heterocycles. The molecule has 154 valence electrons. The van der Waals surface area contributed by atoms with Gasteiger partial charge in [0, 0.05) is 30.0 Å². The van der Waals surface area contributed by atoms with Crippen LogP contribution in [0.2, 0.25) is 0 Å². The van der Waals surface area contributed by atoms with Crippen LogP contribution < -0.4 is 11.1 Å². The second-order valence-electron chi connectivity index (χ2n) is 8.35. The zero-order chi connectivity index (χ0) is 20.5. The molecule has 3 atom stereocenters. The van der Waals surface area contributed by atoms with Gasteiger partial charge in [0.15, 0.2) is 5.17 Å². The molecule has 1 heterocycles. The Labute approximate surface area is 169 Å². The minimum atomic E-state index is -0.774. The third-order valence-corrected chi connectivity index (χ3v) is 6.23. The summed E-state index contributed by atoms with van der Waals surface area (Å²) in [7, 11) is 1.70. The van der Waals surface area contributed by atoms with Crippen molar-refractivity contribution in [2.24, 2.45) is 10.9 Å². The number of methoxy groups -OCH3 is 1. The van der Waals surface area contributed by atoms with Gasteiger partial charge in [-0.05, 0) is 58.2 Å². The summed E-state index contributed by atoms with van der Waals surface area (Å²) in [4.78, 5) is 17.1. The number of fused-ring (bicyclic) bond motifs is 1. The van der Waals surface area contributed by atoms with E-state index in [2.05, 4.69) is 5.32 Å². The van der Waals surface area contributed by atoms with Crippen LogP contribution in [0.4, 0.5) is 14.9 Å². The largest absolute Gasteiger partial charge is 0.444 e. The zero-order valence-corrected chi connectivity index (χ0v) is 17.6. The van der Waals surface area contributed by atoms with E-state index < -0.39 is 17.2 Å². The van der Waals surface area contributed by atoms with E-state index in [0.29, 0.717) is 28.6 Å². The van der Waals surface area contributed by atoms with Gasteiger partial charge in [-0.15, -0.1) is 0 Å². The van der Waals surface area contributed by atoms with Crippen LogP contribution in [0.3, 0.4) is 0 Å². The summed E-state index contributed by atoms with van der Waals surface area (Å²) >= 11 is 1.45. The summed E-state index contributed by atoms with van der Waals surface area (Å²) in [5.74, 6) is 0.446. The number of hydrogen-bond donors (Lipinski definition) is 2. The first-order valence-electron chi connectivity index (χ1n) is 9.44. The van der Waals surface area contributed by atoms with Crippen LogP contribution in [0.25, 0.3) is 0 Å². The fourth-order valence-corrected chi connectivity index (χ4v) is 5.07. The van der Waals surface area contributed by atoms with E-state index in [1.54, 1.807) is 40.0 Å². The number of halogens is 1. The molecule has 0 radical (unpaired) electrons. The highest BCUT2D eigenvalue weighted by Gasteiger charge is 2.49. The molecular weight excluding hydrogens is 381 g/mol. The van der Waals surface area contributed by atoms with Crippen molar-refractivity contribution in [3.05, 3.63) is 29.6 Å². The molecule has 2 aliphatic rings. The fraction of sp³-hybridized carbons (Fsp3) is 0.600. The van der Waals surface area contributed by atoms with E-state index >= 15 is 0 Å². The second-order valence-corrected chi connectivity index (χ2v) is 9.36. The van der Waals surface area contributed by atoms with Crippen LogP contribution >= 0.6 is 11.8 Å². The molecule has 3 N–H and O–H groups in total. The third-order valence-electron chi connectivity index (χ3n) is 5.19. The summed E-state index contributed by atoms with van der Waals surface area (Å²) in [5, 5.41) is 3.18. The van der Waals surface area contributed by atoms with Gasteiger partial charge in [-0.3, -0.25) is 10.3 Å². The highest BCUT2D eigenvalue weighted by Crippen LogP contribution is 2.50. The lowest BCUT2D eigenvalue weighted by atomic mass is 9.68. The number of nitrogen functional groups attached to an aromatic ring is 1. The predicted octanol–water partition coefficient (Wildman–Crippen LogP) is 4.05. The lowest BCUT2D eigenvalue weighted by Gasteiger charge is -2.46. The number of thioether (sulfide) groups is 1. The molecule has 1 saturated carbocycles. The Balaban J connectivity index is 1.97. The van der Waals surface area contributed by atoms with Gasteiger partial charge in [0.2, 0.25) is 0 Å². The second kappa shape index (κ2) is 7.91. The molecule has 28 heavy (non-hydrogen) atoms. The Hall–Kier alpha value is -1.80. The molecule has 1 amide bonds. The molecule has 6 nitrogen and oxygen atoms in total. The summed E-state index contributed by atoms with van der Waals surface area (Å²) in [6.07, 6.45) is 1.72. The van der Waals surface area contributed by atoms with Crippen LogP contribution in [0.15, 0.2) is 23.2 Å². The number of carbonyl (C=O) groups is 1. The Morgan fingerprint density at radius 3 is 2.86 bits per heavy atom. The van der Waals surface area contributed by atoms with Crippen molar-refractivity contribution in [1.29, 1.82) is 0 Å². The van der Waals surface area contributed by atoms with Gasteiger partial charge < -0.3 is 15.2 Å².